The van der Waals surface area contributed by atoms with Gasteiger partial charge in [-0.1, -0.05) is 13.8 Å². The third kappa shape index (κ3) is 14.9. The molecule has 0 rings (SSSR count). The Bertz CT molecular complexity index is 6.00. The fraction of sp³-hybridized carbons (Fsp3) is 1.00. The van der Waals surface area contributed by atoms with E-state index >= 15 is 0 Å². The van der Waals surface area contributed by atoms with Crippen molar-refractivity contribution >= 4 is 25.1 Å². The van der Waals surface area contributed by atoms with Gasteiger partial charge in [0.1, 0.15) is 0 Å². The van der Waals surface area contributed by atoms with Gasteiger partial charge in [0.05, 0.1) is 0 Å². The third-order valence-corrected chi connectivity index (χ3v) is 0. The van der Waals surface area contributed by atoms with Crippen molar-refractivity contribution in [1.29, 1.82) is 0 Å². The van der Waals surface area contributed by atoms with Gasteiger partial charge in [0.25, 0.3) is 0 Å². The van der Waals surface area contributed by atoms with Crippen LogP contribution in [0.2, 0.25) is 0 Å². The van der Waals surface area contributed by atoms with Crippen molar-refractivity contribution in [3.8, 4) is 0 Å². The number of hydrogen-bond acceptors (Lipinski definition) is 1. The Morgan fingerprint density at radius 2 is 1.25 bits per heavy atom. The summed E-state index contributed by atoms with van der Waals surface area (Å²) < 4.78 is 0. The molecule has 0 spiro atoms. The van der Waals surface area contributed by atoms with E-state index in [4.69, 9.17) is 0 Å². The molecule has 0 aliphatic heterocycles. The van der Waals surface area contributed by atoms with Crippen LogP contribution in [0.5, 0.6) is 0 Å². The maximum absolute atomic E-state index is 4.11. The minimum absolute atomic E-state index is 1.44. The summed E-state index contributed by atoms with van der Waals surface area (Å²) in [6.07, 6.45) is 0. The molecule has 0 atom stereocenters. The second kappa shape index (κ2) is 50.2. The first-order valence-corrected chi connectivity index (χ1v) is 3.60. The molecular weight excluding hydrogens is 83.1 g/mol. The average molecular weight is 90.1 g/mol. The molecule has 2 heteroatoms. The van der Waals surface area contributed by atoms with E-state index in [-0.39, 0.29) is 0 Å². The van der Waals surface area contributed by atoms with E-state index in [0.29, 0.717) is 0 Å². The van der Waals surface area contributed by atoms with Crippen LogP contribution in [-0.4, -0.2) is 14.6 Å². The summed E-state index contributed by atoms with van der Waals surface area (Å²) in [6, 6.07) is 0. The fourth-order valence-electron chi connectivity index (χ4n) is 0. The second-order valence-electron chi connectivity index (χ2n) is 0. The molecule has 0 amide bonds. The normalized spacial score (nSPS) is 2.25. The Hall–Kier alpha value is 0.752. The molecule has 4 heavy (non-hydrogen) atoms. The first-order chi connectivity index (χ1) is 2.00. The Morgan fingerprint density at radius 1 is 1.25 bits per heavy atom. The molecule has 0 unspecified atom stereocenters. The van der Waals surface area contributed by atoms with Gasteiger partial charge in [0.15, 0.2) is 0 Å². The van der Waals surface area contributed by atoms with Crippen LogP contribution in [0.1, 0.15) is 13.8 Å². The topological polar surface area (TPSA) is 0 Å². The van der Waals surface area contributed by atoms with Crippen molar-refractivity contribution in [2.24, 2.45) is 0 Å². The van der Waals surface area contributed by atoms with Crippen LogP contribution in [0.25, 0.3) is 0 Å². The van der Waals surface area contributed by atoms with E-state index in [9.17, 15) is 0 Å². The molecule has 0 radical (unpaired) electrons. The molecule has 0 bridgehead atoms. The molecule has 24 valence electrons. The number of hydrogen-bond donors (Lipinski definition) is 0. The first-order valence-electron chi connectivity index (χ1n) is 1.29. The maximum atomic E-state index is 4.11. The van der Waals surface area contributed by atoms with E-state index in [1.807, 2.05) is 13.8 Å². The van der Waals surface area contributed by atoms with Gasteiger partial charge < -0.3 is 0 Å². The van der Waals surface area contributed by atoms with Gasteiger partial charge in [-0.05, 0) is 0 Å². The molecular formula is C2H7AlS. The molecule has 0 aromatic carbocycles. The summed E-state index contributed by atoms with van der Waals surface area (Å²) in [7, 11) is 4.11. The molecule has 0 aromatic heterocycles. The van der Waals surface area contributed by atoms with Crippen molar-refractivity contribution in [3.63, 3.8) is 0 Å². The van der Waals surface area contributed by atoms with Gasteiger partial charge in [-0.2, -0.15) is 0 Å². The molecule has 0 fully saturated rings. The van der Waals surface area contributed by atoms with Crippen LogP contribution in [0.4, 0.5) is 0 Å². The Kier molecular flexibility index (Phi) is 111. The molecule has 0 saturated heterocycles. The summed E-state index contributed by atoms with van der Waals surface area (Å²) in [5.74, 6) is 0. The number of rotatable bonds is 0. The molecule has 0 aromatic rings. The van der Waals surface area contributed by atoms with Crippen LogP contribution in [0, 0.1) is 0 Å². The molecule has 0 nitrogen and oxygen atoms in total. The zero-order valence-corrected chi connectivity index (χ0v) is 5.35. The fourth-order valence-corrected chi connectivity index (χ4v) is 0. The summed E-state index contributed by atoms with van der Waals surface area (Å²) in [5, 5.41) is 0. The van der Waals surface area contributed by atoms with Crippen LogP contribution < -0.4 is 0 Å². The summed E-state index contributed by atoms with van der Waals surface area (Å²) in [5.41, 5.74) is 0. The standard InChI is InChI=1S/C2H6.Al.S.H/c1-2;;;/h1-2H3;;;. The molecule has 0 heterocycles. The second-order valence-corrected chi connectivity index (χ2v) is 0. The van der Waals surface area contributed by atoms with Crippen molar-refractivity contribution in [2.75, 3.05) is 0 Å². The van der Waals surface area contributed by atoms with Crippen molar-refractivity contribution in [1.82, 2.24) is 0 Å². The van der Waals surface area contributed by atoms with Crippen molar-refractivity contribution in [2.45, 2.75) is 13.8 Å². The monoisotopic (exact) mass is 90.0 g/mol. The first kappa shape index (κ1) is 8.83. The third-order valence-electron chi connectivity index (χ3n) is 0. The average Bonchev–Trinajstić information content (AvgIpc) is 1.50. The minimum atomic E-state index is 1.44. The zero-order chi connectivity index (χ0) is 4.00. The Balaban J connectivity index is 0. The van der Waals surface area contributed by atoms with Gasteiger partial charge in [-0.3, -0.25) is 0 Å². The van der Waals surface area contributed by atoms with E-state index in [2.05, 4.69) is 10.5 Å². The van der Waals surface area contributed by atoms with Crippen LogP contribution in [-0.2, 0) is 0 Å². The quantitative estimate of drug-likeness (QED) is 0.400. The SMILES string of the molecule is CC.[AlH]=[S]. The van der Waals surface area contributed by atoms with E-state index < -0.39 is 0 Å². The predicted molar refractivity (Wildman–Crippen MR) is 26.1 cm³/mol. The molecule has 0 aliphatic rings. The summed E-state index contributed by atoms with van der Waals surface area (Å²) >= 11 is 1.44. The van der Waals surface area contributed by atoms with E-state index in [0.717, 1.165) is 0 Å². The van der Waals surface area contributed by atoms with Gasteiger partial charge in [0, 0.05) is 0 Å². The summed E-state index contributed by atoms with van der Waals surface area (Å²) in [6.45, 7) is 4.00. The van der Waals surface area contributed by atoms with Gasteiger partial charge in [-0.25, -0.2) is 0 Å². The van der Waals surface area contributed by atoms with Crippen LogP contribution >= 0.6 is 10.5 Å². The van der Waals surface area contributed by atoms with E-state index in [1.165, 1.54) is 14.6 Å². The summed E-state index contributed by atoms with van der Waals surface area (Å²) in [4.78, 5) is 0. The molecule has 0 N–H and O–H groups in total. The van der Waals surface area contributed by atoms with Crippen LogP contribution in [0.3, 0.4) is 0 Å². The van der Waals surface area contributed by atoms with E-state index in [1.54, 1.807) is 0 Å². The van der Waals surface area contributed by atoms with Crippen LogP contribution in [0.15, 0.2) is 0 Å². The van der Waals surface area contributed by atoms with Crippen molar-refractivity contribution in [3.05, 3.63) is 0 Å². The molecule has 0 saturated carbocycles. The Morgan fingerprint density at radius 3 is 1.25 bits per heavy atom. The van der Waals surface area contributed by atoms with Gasteiger partial charge in [-0.15, -0.1) is 0 Å². The van der Waals surface area contributed by atoms with Gasteiger partial charge in [0.2, 0.25) is 0 Å². The zero-order valence-electron chi connectivity index (χ0n) is 3.12. The Labute approximate surface area is 39.5 Å². The predicted octanol–water partition coefficient (Wildman–Crippen LogP) is 1.03. The molecule has 0 aliphatic carbocycles. The van der Waals surface area contributed by atoms with Gasteiger partial charge >= 0.3 is 25.1 Å². The van der Waals surface area contributed by atoms with Crippen molar-refractivity contribution < 1.29 is 0 Å².